The first-order valence-electron chi connectivity index (χ1n) is 7.61. The second kappa shape index (κ2) is 6.55. The van der Waals surface area contributed by atoms with Gasteiger partial charge in [-0.1, -0.05) is 19.3 Å². The van der Waals surface area contributed by atoms with Crippen LogP contribution in [0.3, 0.4) is 0 Å². The van der Waals surface area contributed by atoms with Crippen LogP contribution < -0.4 is 4.72 Å². The topological polar surface area (TPSA) is 121 Å². The molecule has 2 fully saturated rings. The SMILES string of the molecule is Cc1csc(N=NC2C(=O)NS(=O)(=O)N(C3CCCCC3)C2=O)n1. The van der Waals surface area contributed by atoms with E-state index in [-0.39, 0.29) is 0 Å². The van der Waals surface area contributed by atoms with Crippen molar-refractivity contribution in [3.05, 3.63) is 11.1 Å². The summed E-state index contributed by atoms with van der Waals surface area (Å²) in [5.41, 5.74) is 0.750. The molecule has 1 saturated heterocycles. The van der Waals surface area contributed by atoms with Gasteiger partial charge in [-0.2, -0.15) is 13.5 Å². The molecule has 0 aromatic carbocycles. The number of nitrogens with zero attached hydrogens (tertiary/aromatic N) is 4. The number of hydrogen-bond donors (Lipinski definition) is 1. The summed E-state index contributed by atoms with van der Waals surface area (Å²) in [6.07, 6.45) is 3.90. The number of carbonyl (C=O) groups is 2. The molecule has 0 spiro atoms. The second-order valence-corrected chi connectivity index (χ2v) is 8.17. The van der Waals surface area contributed by atoms with E-state index in [1.807, 2.05) is 4.72 Å². The molecule has 9 nitrogen and oxygen atoms in total. The zero-order chi connectivity index (χ0) is 17.3. The van der Waals surface area contributed by atoms with Crippen LogP contribution >= 0.6 is 11.3 Å². The van der Waals surface area contributed by atoms with Gasteiger partial charge in [0.25, 0.3) is 11.8 Å². The van der Waals surface area contributed by atoms with Crippen LogP contribution in [0.1, 0.15) is 37.8 Å². The van der Waals surface area contributed by atoms with Crippen molar-refractivity contribution in [3.63, 3.8) is 0 Å². The summed E-state index contributed by atoms with van der Waals surface area (Å²) < 4.78 is 27.1. The van der Waals surface area contributed by atoms with Gasteiger partial charge < -0.3 is 0 Å². The van der Waals surface area contributed by atoms with E-state index in [1.54, 1.807) is 12.3 Å². The maximum atomic E-state index is 12.6. The molecule has 11 heteroatoms. The van der Waals surface area contributed by atoms with Crippen molar-refractivity contribution in [2.45, 2.75) is 51.1 Å². The smallest absolute Gasteiger partial charge is 0.271 e. The van der Waals surface area contributed by atoms with Crippen LogP contribution in [0.4, 0.5) is 5.13 Å². The zero-order valence-corrected chi connectivity index (χ0v) is 14.6. The van der Waals surface area contributed by atoms with E-state index in [0.29, 0.717) is 18.0 Å². The Morgan fingerprint density at radius 2 is 2.00 bits per heavy atom. The monoisotopic (exact) mass is 371 g/mol. The van der Waals surface area contributed by atoms with Gasteiger partial charge in [0.1, 0.15) is 0 Å². The fourth-order valence-electron chi connectivity index (χ4n) is 2.87. The first-order valence-corrected chi connectivity index (χ1v) is 9.93. The quantitative estimate of drug-likeness (QED) is 0.636. The minimum atomic E-state index is -4.16. The van der Waals surface area contributed by atoms with E-state index in [0.717, 1.165) is 29.3 Å². The molecule has 1 aliphatic carbocycles. The summed E-state index contributed by atoms with van der Waals surface area (Å²) in [6.45, 7) is 1.78. The molecule has 1 aromatic heterocycles. The standard InChI is InChI=1S/C13H17N5O4S2/c1-8-7-23-13(14-8)16-15-10-11(19)17-24(21,22)18(12(10)20)9-5-3-2-4-6-9/h7,9-10H,2-6H2,1H3,(H,17,19). The molecule has 0 radical (unpaired) electrons. The highest BCUT2D eigenvalue weighted by molar-refractivity contribution is 7.88. The Hall–Kier alpha value is -1.88. The Morgan fingerprint density at radius 1 is 1.29 bits per heavy atom. The van der Waals surface area contributed by atoms with Gasteiger partial charge in [-0.3, -0.25) is 9.59 Å². The molecule has 2 heterocycles. The summed E-state index contributed by atoms with van der Waals surface area (Å²) in [6, 6.07) is -1.93. The van der Waals surface area contributed by atoms with Crippen LogP contribution in [-0.4, -0.2) is 41.6 Å². The number of thiazole rings is 1. The normalized spacial score (nSPS) is 25.2. The Balaban J connectivity index is 1.85. The molecule has 2 aliphatic rings. The first-order chi connectivity index (χ1) is 11.4. The number of amides is 2. The first kappa shape index (κ1) is 17.0. The van der Waals surface area contributed by atoms with Crippen LogP contribution in [0, 0.1) is 6.92 Å². The number of azo groups is 1. The third-order valence-corrected chi connectivity index (χ3v) is 6.26. The highest BCUT2D eigenvalue weighted by atomic mass is 32.2. The van der Waals surface area contributed by atoms with Gasteiger partial charge in [-0.25, -0.2) is 14.0 Å². The fourth-order valence-corrected chi connectivity index (χ4v) is 4.90. The van der Waals surface area contributed by atoms with Gasteiger partial charge in [0.15, 0.2) is 0 Å². The molecule has 130 valence electrons. The largest absolute Gasteiger partial charge is 0.328 e. The molecular formula is C13H17N5O4S2. The third-order valence-electron chi connectivity index (χ3n) is 3.96. The lowest BCUT2D eigenvalue weighted by Gasteiger charge is -2.36. The van der Waals surface area contributed by atoms with E-state index in [4.69, 9.17) is 0 Å². The lowest BCUT2D eigenvalue weighted by molar-refractivity contribution is -0.137. The molecule has 0 bridgehead atoms. The van der Waals surface area contributed by atoms with Crippen molar-refractivity contribution in [2.24, 2.45) is 10.2 Å². The molecule has 2 amide bonds. The number of nitrogens with one attached hydrogen (secondary N) is 1. The van der Waals surface area contributed by atoms with Crippen LogP contribution in [0.5, 0.6) is 0 Å². The van der Waals surface area contributed by atoms with Crippen molar-refractivity contribution >= 4 is 38.5 Å². The predicted molar refractivity (Wildman–Crippen MR) is 85.9 cm³/mol. The Kier molecular flexibility index (Phi) is 4.63. The van der Waals surface area contributed by atoms with Crippen LogP contribution in [0.15, 0.2) is 15.6 Å². The molecule has 1 saturated carbocycles. The molecular weight excluding hydrogens is 354 g/mol. The van der Waals surface area contributed by atoms with Gasteiger partial charge in [0.05, 0.1) is 5.69 Å². The number of aromatic nitrogens is 1. The van der Waals surface area contributed by atoms with E-state index < -0.39 is 34.1 Å². The molecule has 1 atom stereocenters. The van der Waals surface area contributed by atoms with Crippen molar-refractivity contribution in [3.8, 4) is 0 Å². The minimum absolute atomic E-state index is 0.311. The molecule has 1 N–H and O–H groups in total. The highest BCUT2D eigenvalue weighted by Crippen LogP contribution is 2.28. The van der Waals surface area contributed by atoms with E-state index in [2.05, 4.69) is 15.2 Å². The predicted octanol–water partition coefficient (Wildman–Crippen LogP) is 1.44. The number of carbonyl (C=O) groups excluding carboxylic acids is 2. The molecule has 24 heavy (non-hydrogen) atoms. The zero-order valence-electron chi connectivity index (χ0n) is 13.0. The minimum Gasteiger partial charge on any atom is -0.271 e. The Bertz CT molecular complexity index is 782. The van der Waals surface area contributed by atoms with Gasteiger partial charge in [-0.05, 0) is 19.8 Å². The van der Waals surface area contributed by atoms with Crippen LogP contribution in [0.25, 0.3) is 0 Å². The number of aryl methyl sites for hydroxylation is 1. The average molecular weight is 371 g/mol. The highest BCUT2D eigenvalue weighted by Gasteiger charge is 2.47. The summed E-state index contributed by atoms with van der Waals surface area (Å²) in [5, 5.41) is 9.62. The summed E-state index contributed by atoms with van der Waals surface area (Å²) in [7, 11) is -4.16. The van der Waals surface area contributed by atoms with Gasteiger partial charge in [0, 0.05) is 11.4 Å². The Labute approximate surface area is 143 Å². The summed E-state index contributed by atoms with van der Waals surface area (Å²) in [4.78, 5) is 28.6. The third kappa shape index (κ3) is 3.31. The second-order valence-electron chi connectivity index (χ2n) is 5.79. The van der Waals surface area contributed by atoms with Crippen LogP contribution in [-0.2, 0) is 19.8 Å². The van der Waals surface area contributed by atoms with Gasteiger partial charge >= 0.3 is 10.2 Å². The summed E-state index contributed by atoms with van der Waals surface area (Å²) in [5.74, 6) is -1.83. The fraction of sp³-hybridized carbons (Fsp3) is 0.615. The molecule has 1 aliphatic heterocycles. The van der Waals surface area contributed by atoms with Crippen molar-refractivity contribution in [2.75, 3.05) is 0 Å². The molecule has 1 aromatic rings. The number of rotatable bonds is 3. The Morgan fingerprint density at radius 3 is 2.62 bits per heavy atom. The average Bonchev–Trinajstić information content (AvgIpc) is 2.92. The molecule has 3 rings (SSSR count). The van der Waals surface area contributed by atoms with Crippen LogP contribution in [0.2, 0.25) is 0 Å². The van der Waals surface area contributed by atoms with E-state index >= 15 is 0 Å². The van der Waals surface area contributed by atoms with Crippen molar-refractivity contribution < 1.29 is 18.0 Å². The van der Waals surface area contributed by atoms with E-state index in [9.17, 15) is 18.0 Å². The maximum Gasteiger partial charge on any atom is 0.328 e. The molecule has 1 unspecified atom stereocenters. The summed E-state index contributed by atoms with van der Waals surface area (Å²) >= 11 is 1.22. The van der Waals surface area contributed by atoms with E-state index in [1.165, 1.54) is 11.3 Å². The number of hydrogen-bond acceptors (Lipinski definition) is 8. The maximum absolute atomic E-state index is 12.6. The van der Waals surface area contributed by atoms with Gasteiger partial charge in [-0.15, -0.1) is 16.5 Å². The van der Waals surface area contributed by atoms with Crippen molar-refractivity contribution in [1.82, 2.24) is 14.0 Å². The lowest BCUT2D eigenvalue weighted by atomic mass is 9.95. The van der Waals surface area contributed by atoms with Crippen molar-refractivity contribution in [1.29, 1.82) is 0 Å². The van der Waals surface area contributed by atoms with Gasteiger partial charge in [0.2, 0.25) is 11.2 Å². The lowest BCUT2D eigenvalue weighted by Crippen LogP contribution is -2.62.